The molecule has 0 fully saturated rings. The van der Waals surface area contributed by atoms with Gasteiger partial charge in [0, 0.05) is 18.1 Å². The number of hydrogen-bond acceptors (Lipinski definition) is 2. The summed E-state index contributed by atoms with van der Waals surface area (Å²) in [6.45, 7) is 3.99. The first-order valence-electron chi connectivity index (χ1n) is 3.88. The van der Waals surface area contributed by atoms with Crippen LogP contribution in [0.1, 0.15) is 11.3 Å². The quantitative estimate of drug-likeness (QED) is 0.702. The second-order valence-corrected chi connectivity index (χ2v) is 3.07. The number of pyridine rings is 1. The molecule has 0 aliphatic carbocycles. The minimum atomic E-state index is 0. The first kappa shape index (κ1) is 9.86. The second kappa shape index (κ2) is 3.26. The molecule has 0 radical (unpaired) electrons. The monoisotopic (exact) mass is 197 g/mol. The average molecular weight is 198 g/mol. The molecular weight excluding hydrogens is 186 g/mol. The van der Waals surface area contributed by atoms with Crippen molar-refractivity contribution in [1.82, 2.24) is 9.38 Å². The molecule has 0 aliphatic heterocycles. The van der Waals surface area contributed by atoms with Crippen LogP contribution in [-0.2, 0) is 0 Å². The highest BCUT2D eigenvalue weighted by Crippen LogP contribution is 2.13. The van der Waals surface area contributed by atoms with Crippen molar-refractivity contribution in [3.05, 3.63) is 29.7 Å². The standard InChI is InChI=1S/C9H11N3.ClH/c1-6-3-8(10)5-12-4-7(2)11-9(6)12;/h3-5H,10H2,1-2H3;1H. The van der Waals surface area contributed by atoms with Crippen LogP contribution in [-0.4, -0.2) is 9.38 Å². The molecule has 0 unspecified atom stereocenters. The minimum Gasteiger partial charge on any atom is -0.398 e. The number of fused-ring (bicyclic) bond motifs is 1. The van der Waals surface area contributed by atoms with Crippen molar-refractivity contribution in [3.8, 4) is 0 Å². The lowest BCUT2D eigenvalue weighted by atomic mass is 10.3. The Morgan fingerprint density at radius 3 is 2.69 bits per heavy atom. The molecule has 0 aromatic carbocycles. The number of nitrogens with zero attached hydrogens (tertiary/aromatic N) is 2. The lowest BCUT2D eigenvalue weighted by molar-refractivity contribution is 1.17. The van der Waals surface area contributed by atoms with E-state index in [1.54, 1.807) is 0 Å². The molecule has 2 heterocycles. The molecule has 3 nitrogen and oxygen atoms in total. The van der Waals surface area contributed by atoms with Crippen LogP contribution < -0.4 is 5.73 Å². The number of imidazole rings is 1. The third-order valence-electron chi connectivity index (χ3n) is 1.88. The molecule has 2 aromatic heterocycles. The smallest absolute Gasteiger partial charge is 0.140 e. The summed E-state index contributed by atoms with van der Waals surface area (Å²) in [5, 5.41) is 0. The van der Waals surface area contributed by atoms with Crippen molar-refractivity contribution in [1.29, 1.82) is 0 Å². The Balaban J connectivity index is 0.000000845. The van der Waals surface area contributed by atoms with E-state index in [9.17, 15) is 0 Å². The van der Waals surface area contributed by atoms with Crippen molar-refractivity contribution in [3.63, 3.8) is 0 Å². The summed E-state index contributed by atoms with van der Waals surface area (Å²) < 4.78 is 1.96. The van der Waals surface area contributed by atoms with Gasteiger partial charge < -0.3 is 10.1 Å². The van der Waals surface area contributed by atoms with Gasteiger partial charge in [-0.05, 0) is 25.5 Å². The van der Waals surface area contributed by atoms with Crippen molar-refractivity contribution in [2.75, 3.05) is 5.73 Å². The van der Waals surface area contributed by atoms with Crippen LogP contribution in [0, 0.1) is 13.8 Å². The summed E-state index contributed by atoms with van der Waals surface area (Å²) in [5.74, 6) is 0. The zero-order chi connectivity index (χ0) is 8.72. The number of aromatic nitrogens is 2. The number of nitrogens with two attached hydrogens (primary N) is 1. The largest absolute Gasteiger partial charge is 0.398 e. The van der Waals surface area contributed by atoms with Crippen molar-refractivity contribution in [2.45, 2.75) is 13.8 Å². The van der Waals surface area contributed by atoms with Gasteiger partial charge in [0.05, 0.1) is 5.69 Å². The Bertz CT molecular complexity index is 434. The van der Waals surface area contributed by atoms with Gasteiger partial charge >= 0.3 is 0 Å². The number of nitrogen functional groups attached to an aromatic ring is 1. The molecule has 4 heteroatoms. The van der Waals surface area contributed by atoms with Gasteiger partial charge in [-0.1, -0.05) is 0 Å². The zero-order valence-corrected chi connectivity index (χ0v) is 8.43. The van der Waals surface area contributed by atoms with Crippen LogP contribution in [0.4, 0.5) is 5.69 Å². The minimum absolute atomic E-state index is 0. The summed E-state index contributed by atoms with van der Waals surface area (Å²) in [7, 11) is 0. The van der Waals surface area contributed by atoms with Gasteiger partial charge in [0.15, 0.2) is 0 Å². The molecule has 0 atom stereocenters. The number of halogens is 1. The SMILES string of the molecule is Cc1cn2cc(N)cc(C)c2n1.Cl. The van der Waals surface area contributed by atoms with Crippen molar-refractivity contribution < 1.29 is 0 Å². The first-order chi connectivity index (χ1) is 5.66. The van der Waals surface area contributed by atoms with Crippen LogP contribution >= 0.6 is 12.4 Å². The van der Waals surface area contributed by atoms with Gasteiger partial charge in [-0.25, -0.2) is 4.98 Å². The maximum atomic E-state index is 5.69. The Morgan fingerprint density at radius 2 is 2.00 bits per heavy atom. The van der Waals surface area contributed by atoms with E-state index < -0.39 is 0 Å². The summed E-state index contributed by atoms with van der Waals surface area (Å²) in [5.41, 5.74) is 9.58. The van der Waals surface area contributed by atoms with E-state index in [0.717, 1.165) is 22.6 Å². The lowest BCUT2D eigenvalue weighted by Crippen LogP contribution is -1.92. The maximum Gasteiger partial charge on any atom is 0.140 e. The fraction of sp³-hybridized carbons (Fsp3) is 0.222. The van der Waals surface area contributed by atoms with Crippen LogP contribution in [0.25, 0.3) is 5.65 Å². The molecule has 13 heavy (non-hydrogen) atoms. The third kappa shape index (κ3) is 1.60. The van der Waals surface area contributed by atoms with Gasteiger partial charge in [-0.15, -0.1) is 12.4 Å². The van der Waals surface area contributed by atoms with Gasteiger partial charge in [0.25, 0.3) is 0 Å². The second-order valence-electron chi connectivity index (χ2n) is 3.07. The van der Waals surface area contributed by atoms with Crippen LogP contribution in [0.15, 0.2) is 18.5 Å². The number of hydrogen-bond donors (Lipinski definition) is 1. The average Bonchev–Trinajstić information content (AvgIpc) is 2.29. The number of aryl methyl sites for hydroxylation is 2. The maximum absolute atomic E-state index is 5.69. The van der Waals surface area contributed by atoms with E-state index in [0.29, 0.717) is 0 Å². The Hall–Kier alpha value is -1.22. The Kier molecular flexibility index (Phi) is 2.48. The molecule has 0 bridgehead atoms. The summed E-state index contributed by atoms with van der Waals surface area (Å²) in [6.07, 6.45) is 3.85. The van der Waals surface area contributed by atoms with Crippen molar-refractivity contribution in [2.24, 2.45) is 0 Å². The van der Waals surface area contributed by atoms with E-state index >= 15 is 0 Å². The molecule has 0 spiro atoms. The molecule has 2 aromatic rings. The Morgan fingerprint density at radius 1 is 1.31 bits per heavy atom. The molecule has 0 amide bonds. The Labute approximate surface area is 83.0 Å². The number of anilines is 1. The van der Waals surface area contributed by atoms with Gasteiger partial charge in [-0.2, -0.15) is 0 Å². The highest BCUT2D eigenvalue weighted by atomic mass is 35.5. The highest BCUT2D eigenvalue weighted by Gasteiger charge is 2.00. The molecule has 70 valence electrons. The first-order valence-corrected chi connectivity index (χ1v) is 3.88. The van der Waals surface area contributed by atoms with E-state index in [-0.39, 0.29) is 12.4 Å². The fourth-order valence-corrected chi connectivity index (χ4v) is 1.42. The molecule has 0 saturated heterocycles. The van der Waals surface area contributed by atoms with E-state index in [1.165, 1.54) is 0 Å². The van der Waals surface area contributed by atoms with E-state index in [1.807, 2.05) is 36.7 Å². The predicted molar refractivity (Wildman–Crippen MR) is 56.3 cm³/mol. The van der Waals surface area contributed by atoms with Crippen LogP contribution in [0.2, 0.25) is 0 Å². The predicted octanol–water partition coefficient (Wildman–Crippen LogP) is 1.96. The fourth-order valence-electron chi connectivity index (χ4n) is 1.42. The summed E-state index contributed by atoms with van der Waals surface area (Å²) in [4.78, 5) is 4.36. The molecule has 0 saturated carbocycles. The normalized spacial score (nSPS) is 10.0. The summed E-state index contributed by atoms with van der Waals surface area (Å²) >= 11 is 0. The lowest BCUT2D eigenvalue weighted by Gasteiger charge is -1.98. The van der Waals surface area contributed by atoms with Crippen LogP contribution in [0.5, 0.6) is 0 Å². The van der Waals surface area contributed by atoms with Gasteiger partial charge in [-0.3, -0.25) is 0 Å². The molecule has 2 N–H and O–H groups in total. The summed E-state index contributed by atoms with van der Waals surface area (Å²) in [6, 6.07) is 1.93. The zero-order valence-electron chi connectivity index (χ0n) is 7.61. The highest BCUT2D eigenvalue weighted by molar-refractivity contribution is 5.85. The van der Waals surface area contributed by atoms with E-state index in [2.05, 4.69) is 4.98 Å². The topological polar surface area (TPSA) is 43.3 Å². The van der Waals surface area contributed by atoms with Crippen LogP contribution in [0.3, 0.4) is 0 Å². The van der Waals surface area contributed by atoms with Gasteiger partial charge in [0.2, 0.25) is 0 Å². The molecular formula is C9H12ClN3. The third-order valence-corrected chi connectivity index (χ3v) is 1.88. The van der Waals surface area contributed by atoms with E-state index in [4.69, 9.17) is 5.73 Å². The molecule has 2 rings (SSSR count). The molecule has 0 aliphatic rings. The van der Waals surface area contributed by atoms with Crippen molar-refractivity contribution >= 4 is 23.7 Å². The van der Waals surface area contributed by atoms with Gasteiger partial charge in [0.1, 0.15) is 5.65 Å². The number of rotatable bonds is 0.